The summed E-state index contributed by atoms with van der Waals surface area (Å²) >= 11 is 0. The summed E-state index contributed by atoms with van der Waals surface area (Å²) in [5.74, 6) is 1.59. The van der Waals surface area contributed by atoms with Crippen LogP contribution in [0.3, 0.4) is 0 Å². The molecular formula is C14H17NO4. The van der Waals surface area contributed by atoms with Crippen molar-refractivity contribution < 1.29 is 19.1 Å². The van der Waals surface area contributed by atoms with Gasteiger partial charge in [-0.25, -0.2) is 5.06 Å². The summed E-state index contributed by atoms with van der Waals surface area (Å²) in [6.45, 7) is 1.63. The lowest BCUT2D eigenvalue weighted by molar-refractivity contribution is -0.197. The maximum Gasteiger partial charge on any atom is 0.246 e. The van der Waals surface area contributed by atoms with Crippen LogP contribution in [0.25, 0.3) is 0 Å². The maximum atomic E-state index is 12.0. The summed E-state index contributed by atoms with van der Waals surface area (Å²) in [5.41, 5.74) is 1.08. The van der Waals surface area contributed by atoms with Crippen LogP contribution in [0.1, 0.15) is 24.8 Å². The Morgan fingerprint density at radius 3 is 2.95 bits per heavy atom. The molecule has 1 aromatic carbocycles. The van der Waals surface area contributed by atoms with E-state index in [9.17, 15) is 4.79 Å². The molecule has 3 rings (SSSR count). The molecule has 0 N–H and O–H groups in total. The third-order valence-corrected chi connectivity index (χ3v) is 3.35. The van der Waals surface area contributed by atoms with Crippen molar-refractivity contribution in [3.05, 3.63) is 23.8 Å². The Hall–Kier alpha value is -1.75. The molecule has 0 spiro atoms. The van der Waals surface area contributed by atoms with Crippen LogP contribution in [0.4, 0.5) is 0 Å². The Kier molecular flexibility index (Phi) is 3.55. The fourth-order valence-corrected chi connectivity index (χ4v) is 2.27. The summed E-state index contributed by atoms with van der Waals surface area (Å²) in [4.78, 5) is 17.3. The number of fused-ring (bicyclic) bond motifs is 1. The fourth-order valence-electron chi connectivity index (χ4n) is 2.27. The molecule has 0 aliphatic carbocycles. The van der Waals surface area contributed by atoms with Crippen LogP contribution in [0.15, 0.2) is 18.2 Å². The summed E-state index contributed by atoms with van der Waals surface area (Å²) in [5, 5.41) is 1.50. The number of hydrogen-bond acceptors (Lipinski definition) is 4. The number of carbonyl (C=O) groups is 1. The van der Waals surface area contributed by atoms with E-state index in [4.69, 9.17) is 14.3 Å². The number of benzene rings is 1. The Bertz CT molecular complexity index is 469. The molecule has 5 heteroatoms. The number of carbonyl (C=O) groups excluding carboxylic acids is 1. The van der Waals surface area contributed by atoms with Crippen molar-refractivity contribution in [2.45, 2.75) is 25.7 Å². The van der Waals surface area contributed by atoms with Crippen molar-refractivity contribution in [2.75, 3.05) is 19.9 Å². The Morgan fingerprint density at radius 1 is 1.21 bits per heavy atom. The largest absolute Gasteiger partial charge is 0.454 e. The second-order valence-corrected chi connectivity index (χ2v) is 4.72. The lowest BCUT2D eigenvalue weighted by atomic mass is 10.1. The number of rotatable bonds is 3. The molecule has 2 heterocycles. The number of hydroxylamine groups is 2. The van der Waals surface area contributed by atoms with E-state index in [2.05, 4.69) is 0 Å². The van der Waals surface area contributed by atoms with Crippen LogP contribution in [-0.2, 0) is 16.1 Å². The average Bonchev–Trinajstić information content (AvgIpc) is 2.93. The first kappa shape index (κ1) is 12.3. The zero-order valence-electron chi connectivity index (χ0n) is 10.8. The standard InChI is InChI=1S/C14H17NO4/c16-14(15-7-1-2-8-19-15)6-4-11-3-5-12-13(9-11)18-10-17-12/h3,5,9H,1-2,4,6-8,10H2. The molecule has 1 fully saturated rings. The molecule has 19 heavy (non-hydrogen) atoms. The summed E-state index contributed by atoms with van der Waals surface area (Å²) in [7, 11) is 0. The minimum Gasteiger partial charge on any atom is -0.454 e. The van der Waals surface area contributed by atoms with E-state index >= 15 is 0 Å². The van der Waals surface area contributed by atoms with Gasteiger partial charge in [0.05, 0.1) is 6.61 Å². The highest BCUT2D eigenvalue weighted by molar-refractivity contribution is 5.75. The minimum absolute atomic E-state index is 0.0531. The molecule has 102 valence electrons. The van der Waals surface area contributed by atoms with Crippen molar-refractivity contribution in [1.82, 2.24) is 5.06 Å². The van der Waals surface area contributed by atoms with E-state index in [0.717, 1.165) is 29.9 Å². The molecule has 0 radical (unpaired) electrons. The van der Waals surface area contributed by atoms with Gasteiger partial charge in [-0.15, -0.1) is 0 Å². The predicted molar refractivity (Wildman–Crippen MR) is 67.8 cm³/mol. The zero-order chi connectivity index (χ0) is 13.1. The molecule has 0 unspecified atom stereocenters. The van der Waals surface area contributed by atoms with Gasteiger partial charge in [0.15, 0.2) is 11.5 Å². The van der Waals surface area contributed by atoms with E-state index < -0.39 is 0 Å². The van der Waals surface area contributed by atoms with E-state index in [-0.39, 0.29) is 12.7 Å². The number of nitrogens with zero attached hydrogens (tertiary/aromatic N) is 1. The van der Waals surface area contributed by atoms with E-state index in [1.54, 1.807) is 0 Å². The van der Waals surface area contributed by atoms with Gasteiger partial charge in [0.2, 0.25) is 12.7 Å². The molecule has 0 bridgehead atoms. The first-order chi connectivity index (χ1) is 9.33. The van der Waals surface area contributed by atoms with Crippen molar-refractivity contribution >= 4 is 5.91 Å². The quantitative estimate of drug-likeness (QED) is 0.835. The van der Waals surface area contributed by atoms with Crippen molar-refractivity contribution in [1.29, 1.82) is 0 Å². The van der Waals surface area contributed by atoms with Gasteiger partial charge in [-0.1, -0.05) is 6.07 Å². The van der Waals surface area contributed by atoms with E-state index in [0.29, 0.717) is 26.0 Å². The summed E-state index contributed by atoms with van der Waals surface area (Å²) in [6.07, 6.45) is 3.21. The molecule has 2 aliphatic heterocycles. The number of ether oxygens (including phenoxy) is 2. The minimum atomic E-state index is 0.0531. The Balaban J connectivity index is 1.55. The van der Waals surface area contributed by atoms with Gasteiger partial charge in [-0.05, 0) is 37.0 Å². The highest BCUT2D eigenvalue weighted by atomic mass is 16.7. The van der Waals surface area contributed by atoms with Crippen LogP contribution >= 0.6 is 0 Å². The van der Waals surface area contributed by atoms with Gasteiger partial charge in [0.1, 0.15) is 0 Å². The summed E-state index contributed by atoms with van der Waals surface area (Å²) in [6, 6.07) is 5.80. The molecule has 0 atom stereocenters. The molecule has 1 amide bonds. The van der Waals surface area contributed by atoms with Gasteiger partial charge in [-0.3, -0.25) is 9.63 Å². The smallest absolute Gasteiger partial charge is 0.246 e. The molecular weight excluding hydrogens is 246 g/mol. The molecule has 5 nitrogen and oxygen atoms in total. The molecule has 0 aromatic heterocycles. The van der Waals surface area contributed by atoms with Crippen molar-refractivity contribution in [3.8, 4) is 11.5 Å². The maximum absolute atomic E-state index is 12.0. The molecule has 1 saturated heterocycles. The van der Waals surface area contributed by atoms with Crippen LogP contribution in [0.2, 0.25) is 0 Å². The van der Waals surface area contributed by atoms with Gasteiger partial charge in [0.25, 0.3) is 0 Å². The number of amides is 1. The first-order valence-electron chi connectivity index (χ1n) is 6.65. The van der Waals surface area contributed by atoms with Gasteiger partial charge in [0, 0.05) is 13.0 Å². The monoisotopic (exact) mass is 263 g/mol. The zero-order valence-corrected chi connectivity index (χ0v) is 10.8. The second kappa shape index (κ2) is 5.48. The highest BCUT2D eigenvalue weighted by Gasteiger charge is 2.18. The second-order valence-electron chi connectivity index (χ2n) is 4.72. The summed E-state index contributed by atoms with van der Waals surface area (Å²) < 4.78 is 10.6. The van der Waals surface area contributed by atoms with Crippen molar-refractivity contribution in [2.24, 2.45) is 0 Å². The van der Waals surface area contributed by atoms with Crippen LogP contribution in [0, 0.1) is 0 Å². The first-order valence-corrected chi connectivity index (χ1v) is 6.65. The SMILES string of the molecule is O=C(CCc1ccc2c(c1)OCO2)N1CCCCO1. The molecule has 1 aromatic rings. The third-order valence-electron chi connectivity index (χ3n) is 3.35. The topological polar surface area (TPSA) is 48.0 Å². The normalized spacial score (nSPS) is 17.6. The van der Waals surface area contributed by atoms with Gasteiger partial charge >= 0.3 is 0 Å². The van der Waals surface area contributed by atoms with E-state index in [1.165, 1.54) is 5.06 Å². The average molecular weight is 263 g/mol. The molecule has 2 aliphatic rings. The van der Waals surface area contributed by atoms with Gasteiger partial charge < -0.3 is 9.47 Å². The molecule has 0 saturated carbocycles. The number of hydrogen-bond donors (Lipinski definition) is 0. The third kappa shape index (κ3) is 2.81. The van der Waals surface area contributed by atoms with Crippen LogP contribution < -0.4 is 9.47 Å². The van der Waals surface area contributed by atoms with Gasteiger partial charge in [-0.2, -0.15) is 0 Å². The fraction of sp³-hybridized carbons (Fsp3) is 0.500. The predicted octanol–water partition coefficient (Wildman–Crippen LogP) is 1.90. The number of aryl methyl sites for hydroxylation is 1. The Labute approximate surface area is 112 Å². The van der Waals surface area contributed by atoms with E-state index in [1.807, 2.05) is 18.2 Å². The van der Waals surface area contributed by atoms with Crippen LogP contribution in [0.5, 0.6) is 11.5 Å². The van der Waals surface area contributed by atoms with Crippen LogP contribution in [-0.4, -0.2) is 30.9 Å². The lowest BCUT2D eigenvalue weighted by Gasteiger charge is -2.25. The van der Waals surface area contributed by atoms with Crippen molar-refractivity contribution in [3.63, 3.8) is 0 Å². The Morgan fingerprint density at radius 2 is 2.11 bits per heavy atom. The highest BCUT2D eigenvalue weighted by Crippen LogP contribution is 2.32. The lowest BCUT2D eigenvalue weighted by Crippen LogP contribution is -2.35.